The lowest BCUT2D eigenvalue weighted by Gasteiger charge is -2.08. The number of rotatable bonds is 4. The number of nitriles is 1. The fourth-order valence-corrected chi connectivity index (χ4v) is 2.57. The van der Waals surface area contributed by atoms with Crippen LogP contribution in [0.25, 0.3) is 10.8 Å². The number of methoxy groups -OCH3 is 1. The maximum Gasteiger partial charge on any atom is 0.274 e. The first-order chi connectivity index (χ1) is 12.6. The van der Waals surface area contributed by atoms with Crippen molar-refractivity contribution in [2.24, 2.45) is 5.10 Å². The van der Waals surface area contributed by atoms with Gasteiger partial charge in [-0.3, -0.25) is 4.79 Å². The Bertz CT molecular complexity index is 1050. The normalized spacial score (nSPS) is 10.7. The molecule has 0 aliphatic rings. The van der Waals surface area contributed by atoms with Gasteiger partial charge in [-0.1, -0.05) is 30.3 Å². The number of amides is 1. The predicted molar refractivity (Wildman–Crippen MR) is 96.7 cm³/mol. The van der Waals surface area contributed by atoms with E-state index >= 15 is 0 Å². The summed E-state index contributed by atoms with van der Waals surface area (Å²) in [6, 6.07) is 16.9. The van der Waals surface area contributed by atoms with Crippen molar-refractivity contribution in [2.75, 3.05) is 7.11 Å². The van der Waals surface area contributed by atoms with Gasteiger partial charge >= 0.3 is 0 Å². The first kappa shape index (κ1) is 17.1. The van der Waals surface area contributed by atoms with Gasteiger partial charge in [0.15, 0.2) is 0 Å². The minimum atomic E-state index is -0.778. The van der Waals surface area contributed by atoms with Crippen molar-refractivity contribution >= 4 is 22.9 Å². The van der Waals surface area contributed by atoms with Gasteiger partial charge in [-0.15, -0.1) is 0 Å². The fourth-order valence-electron chi connectivity index (χ4n) is 2.57. The second kappa shape index (κ2) is 7.45. The summed E-state index contributed by atoms with van der Waals surface area (Å²) in [7, 11) is 1.55. The van der Waals surface area contributed by atoms with Crippen LogP contribution in [0.2, 0.25) is 0 Å². The van der Waals surface area contributed by atoms with Gasteiger partial charge < -0.3 is 4.74 Å². The summed E-state index contributed by atoms with van der Waals surface area (Å²) in [5.74, 6) is -0.881. The van der Waals surface area contributed by atoms with Crippen molar-refractivity contribution in [3.8, 4) is 11.8 Å². The molecule has 0 saturated heterocycles. The van der Waals surface area contributed by atoms with Crippen LogP contribution < -0.4 is 10.2 Å². The molecule has 0 fully saturated rings. The van der Waals surface area contributed by atoms with Crippen LogP contribution in [0.1, 0.15) is 21.5 Å². The van der Waals surface area contributed by atoms with Crippen molar-refractivity contribution in [2.45, 2.75) is 0 Å². The Kier molecular flexibility index (Phi) is 4.90. The molecule has 6 heteroatoms. The lowest BCUT2D eigenvalue weighted by Crippen LogP contribution is -2.19. The summed E-state index contributed by atoms with van der Waals surface area (Å²) >= 11 is 0. The summed E-state index contributed by atoms with van der Waals surface area (Å²) in [5, 5.41) is 14.6. The second-order valence-electron chi connectivity index (χ2n) is 5.41. The Balaban J connectivity index is 1.86. The highest BCUT2D eigenvalue weighted by Crippen LogP contribution is 2.26. The molecule has 0 saturated carbocycles. The maximum absolute atomic E-state index is 13.9. The first-order valence-electron chi connectivity index (χ1n) is 7.73. The van der Waals surface area contributed by atoms with Crippen LogP contribution in [0.3, 0.4) is 0 Å². The van der Waals surface area contributed by atoms with Crippen LogP contribution in [0, 0.1) is 17.1 Å². The number of ether oxygens (including phenoxy) is 1. The number of fused-ring (bicyclic) bond motifs is 1. The van der Waals surface area contributed by atoms with E-state index in [9.17, 15) is 9.18 Å². The van der Waals surface area contributed by atoms with E-state index in [0.29, 0.717) is 11.3 Å². The highest BCUT2D eigenvalue weighted by Gasteiger charge is 2.12. The third kappa shape index (κ3) is 3.37. The molecule has 128 valence electrons. The molecule has 1 amide bonds. The van der Waals surface area contributed by atoms with Gasteiger partial charge in [0.2, 0.25) is 0 Å². The van der Waals surface area contributed by atoms with E-state index in [1.54, 1.807) is 7.11 Å². The number of carbonyl (C=O) groups is 1. The zero-order valence-electron chi connectivity index (χ0n) is 13.9. The molecule has 0 aliphatic carbocycles. The van der Waals surface area contributed by atoms with Crippen molar-refractivity contribution in [3.63, 3.8) is 0 Å². The largest absolute Gasteiger partial charge is 0.496 e. The number of carbonyl (C=O) groups excluding carboxylic acids is 1. The minimum Gasteiger partial charge on any atom is -0.496 e. The third-order valence-corrected chi connectivity index (χ3v) is 3.85. The maximum atomic E-state index is 13.9. The van der Waals surface area contributed by atoms with Crippen LogP contribution in [0.4, 0.5) is 4.39 Å². The van der Waals surface area contributed by atoms with Crippen molar-refractivity contribution in [1.29, 1.82) is 5.26 Å². The summed E-state index contributed by atoms with van der Waals surface area (Å²) in [5.41, 5.74) is 2.95. The molecular formula is C20H14FN3O2. The summed E-state index contributed by atoms with van der Waals surface area (Å²) in [6.45, 7) is 0. The lowest BCUT2D eigenvalue weighted by molar-refractivity contribution is 0.0951. The molecule has 0 spiro atoms. The van der Waals surface area contributed by atoms with Crippen molar-refractivity contribution in [3.05, 3.63) is 77.1 Å². The Morgan fingerprint density at radius 2 is 2.04 bits per heavy atom. The van der Waals surface area contributed by atoms with Crippen molar-refractivity contribution in [1.82, 2.24) is 5.43 Å². The zero-order valence-corrected chi connectivity index (χ0v) is 13.9. The van der Waals surface area contributed by atoms with E-state index in [4.69, 9.17) is 10.00 Å². The SMILES string of the molecule is COc1ccc2ccccc2c1/C=N/NC(=O)c1ccc(C#N)cc1F. The van der Waals surface area contributed by atoms with Crippen molar-refractivity contribution < 1.29 is 13.9 Å². The van der Waals surface area contributed by atoms with Crippen LogP contribution in [-0.2, 0) is 0 Å². The smallest absolute Gasteiger partial charge is 0.274 e. The number of benzene rings is 3. The zero-order chi connectivity index (χ0) is 18.5. The van der Waals surface area contributed by atoms with E-state index in [-0.39, 0.29) is 11.1 Å². The average Bonchev–Trinajstić information content (AvgIpc) is 2.67. The third-order valence-electron chi connectivity index (χ3n) is 3.85. The summed E-state index contributed by atoms with van der Waals surface area (Å²) in [6.07, 6.45) is 1.46. The van der Waals surface area contributed by atoms with Gasteiger partial charge in [0.05, 0.1) is 30.5 Å². The Hall–Kier alpha value is -3.72. The standard InChI is InChI=1S/C20H14FN3O2/c1-26-19-9-7-14-4-2-3-5-15(14)17(19)12-23-24-20(25)16-8-6-13(11-22)10-18(16)21/h2-10,12H,1H3,(H,24,25)/b23-12+. The highest BCUT2D eigenvalue weighted by atomic mass is 19.1. The minimum absolute atomic E-state index is 0.142. The number of halogens is 1. The molecule has 0 heterocycles. The molecule has 0 radical (unpaired) electrons. The van der Waals surface area contributed by atoms with E-state index in [1.165, 1.54) is 18.3 Å². The van der Waals surface area contributed by atoms with Crippen LogP contribution >= 0.6 is 0 Å². The number of hydrazone groups is 1. The van der Waals surface area contributed by atoms with Gasteiger partial charge in [0.25, 0.3) is 5.91 Å². The molecule has 3 aromatic rings. The second-order valence-corrected chi connectivity index (χ2v) is 5.41. The average molecular weight is 347 g/mol. The van der Waals surface area contributed by atoms with E-state index in [2.05, 4.69) is 10.5 Å². The quantitative estimate of drug-likeness (QED) is 0.578. The number of hydrogen-bond acceptors (Lipinski definition) is 4. The van der Waals surface area contributed by atoms with Gasteiger partial charge in [0.1, 0.15) is 11.6 Å². The Labute approximate surface area is 149 Å². The molecule has 0 aliphatic heterocycles. The molecule has 0 unspecified atom stereocenters. The molecular weight excluding hydrogens is 333 g/mol. The highest BCUT2D eigenvalue weighted by molar-refractivity contribution is 6.03. The Morgan fingerprint density at radius 1 is 1.23 bits per heavy atom. The molecule has 5 nitrogen and oxygen atoms in total. The van der Waals surface area contributed by atoms with E-state index in [1.807, 2.05) is 42.5 Å². The molecule has 0 atom stereocenters. The molecule has 26 heavy (non-hydrogen) atoms. The molecule has 1 N–H and O–H groups in total. The molecule has 3 aromatic carbocycles. The number of nitrogens with zero attached hydrogens (tertiary/aromatic N) is 2. The van der Waals surface area contributed by atoms with Gasteiger partial charge in [-0.25, -0.2) is 9.82 Å². The van der Waals surface area contributed by atoms with Gasteiger partial charge in [-0.2, -0.15) is 10.4 Å². The van der Waals surface area contributed by atoms with Crippen LogP contribution in [0.15, 0.2) is 59.7 Å². The lowest BCUT2D eigenvalue weighted by atomic mass is 10.0. The van der Waals surface area contributed by atoms with E-state index in [0.717, 1.165) is 16.8 Å². The monoisotopic (exact) mass is 347 g/mol. The fraction of sp³-hybridized carbons (Fsp3) is 0.0500. The van der Waals surface area contributed by atoms with Gasteiger partial charge in [0, 0.05) is 5.56 Å². The van der Waals surface area contributed by atoms with E-state index < -0.39 is 11.7 Å². The summed E-state index contributed by atoms with van der Waals surface area (Å²) < 4.78 is 19.2. The molecule has 0 bridgehead atoms. The number of nitrogens with one attached hydrogen (secondary N) is 1. The summed E-state index contributed by atoms with van der Waals surface area (Å²) in [4.78, 5) is 12.1. The topological polar surface area (TPSA) is 74.5 Å². The van der Waals surface area contributed by atoms with Gasteiger partial charge in [-0.05, 0) is 35.0 Å². The van der Waals surface area contributed by atoms with Crippen LogP contribution in [-0.4, -0.2) is 19.2 Å². The first-order valence-corrected chi connectivity index (χ1v) is 7.73. The predicted octanol–water partition coefficient (Wildman–Crippen LogP) is 3.62. The molecule has 0 aromatic heterocycles. The Morgan fingerprint density at radius 3 is 2.77 bits per heavy atom. The van der Waals surface area contributed by atoms with Crippen LogP contribution in [0.5, 0.6) is 5.75 Å². The number of hydrogen-bond donors (Lipinski definition) is 1. The molecule has 3 rings (SSSR count).